The first-order valence-corrected chi connectivity index (χ1v) is 15.2. The Balaban J connectivity index is 2.98. The van der Waals surface area contributed by atoms with Gasteiger partial charge in [0.2, 0.25) is 0 Å². The first-order valence-electron chi connectivity index (χ1n) is 9.42. The lowest BCUT2D eigenvalue weighted by molar-refractivity contribution is -0.114. The monoisotopic (exact) mass is 372 g/mol. The summed E-state index contributed by atoms with van der Waals surface area (Å²) in [4.78, 5) is 11.3. The smallest absolute Gasteiger partial charge is 0.192 e. The summed E-state index contributed by atoms with van der Waals surface area (Å²) < 4.78 is 13.5. The van der Waals surface area contributed by atoms with Crippen molar-refractivity contribution in [1.82, 2.24) is 0 Å². The van der Waals surface area contributed by atoms with Crippen molar-refractivity contribution < 1.29 is 13.6 Å². The molecule has 5 heteroatoms. The SMILES string of the molecule is CC(C)(C)[Si](C)(C)O[C@@H]1CC[C@@H](C=O)C[C@H]1O[Si](C)(C)C(C)(C)C. The van der Waals surface area contributed by atoms with Gasteiger partial charge in [0.15, 0.2) is 16.6 Å². The zero-order valence-corrected chi connectivity index (χ0v) is 19.7. The van der Waals surface area contributed by atoms with E-state index in [0.29, 0.717) is 0 Å². The van der Waals surface area contributed by atoms with Gasteiger partial charge in [-0.2, -0.15) is 0 Å². The van der Waals surface area contributed by atoms with Crippen molar-refractivity contribution in [2.75, 3.05) is 0 Å². The van der Waals surface area contributed by atoms with E-state index in [1.165, 1.54) is 0 Å². The number of carbonyl (C=O) groups is 1. The molecular weight excluding hydrogens is 332 g/mol. The van der Waals surface area contributed by atoms with Gasteiger partial charge >= 0.3 is 0 Å². The zero-order chi connectivity index (χ0) is 19.0. The van der Waals surface area contributed by atoms with E-state index < -0.39 is 16.6 Å². The molecule has 0 aromatic carbocycles. The molecule has 3 atom stereocenters. The van der Waals surface area contributed by atoms with E-state index in [4.69, 9.17) is 8.85 Å². The van der Waals surface area contributed by atoms with Gasteiger partial charge in [-0.25, -0.2) is 0 Å². The third kappa shape index (κ3) is 5.26. The van der Waals surface area contributed by atoms with Gasteiger partial charge in [-0.1, -0.05) is 41.5 Å². The molecule has 1 aliphatic carbocycles. The highest BCUT2D eigenvalue weighted by atomic mass is 28.4. The molecule has 0 radical (unpaired) electrons. The van der Waals surface area contributed by atoms with Crippen molar-refractivity contribution in [3.8, 4) is 0 Å². The molecule has 0 aromatic rings. The molecule has 0 saturated heterocycles. The van der Waals surface area contributed by atoms with E-state index in [-0.39, 0.29) is 28.2 Å². The van der Waals surface area contributed by atoms with Crippen molar-refractivity contribution >= 4 is 22.9 Å². The summed E-state index contributed by atoms with van der Waals surface area (Å²) in [6.07, 6.45) is 4.00. The van der Waals surface area contributed by atoms with Crippen LogP contribution in [0.2, 0.25) is 36.3 Å². The highest BCUT2D eigenvalue weighted by Gasteiger charge is 2.46. The predicted molar refractivity (Wildman–Crippen MR) is 108 cm³/mol. The first-order chi connectivity index (χ1) is 10.6. The van der Waals surface area contributed by atoms with E-state index in [0.717, 1.165) is 25.5 Å². The van der Waals surface area contributed by atoms with Crippen LogP contribution in [0.5, 0.6) is 0 Å². The van der Waals surface area contributed by atoms with Crippen LogP contribution in [0.25, 0.3) is 0 Å². The third-order valence-electron chi connectivity index (χ3n) is 6.47. The molecule has 1 rings (SSSR count). The van der Waals surface area contributed by atoms with E-state index in [1.807, 2.05) is 0 Å². The second kappa shape index (κ2) is 7.33. The minimum atomic E-state index is -1.88. The number of hydrogen-bond donors (Lipinski definition) is 0. The fourth-order valence-electron chi connectivity index (χ4n) is 2.63. The van der Waals surface area contributed by atoms with Gasteiger partial charge in [-0.15, -0.1) is 0 Å². The van der Waals surface area contributed by atoms with Gasteiger partial charge < -0.3 is 13.6 Å². The van der Waals surface area contributed by atoms with Crippen LogP contribution in [0.1, 0.15) is 60.8 Å². The molecule has 0 aromatic heterocycles. The Morgan fingerprint density at radius 3 is 1.58 bits per heavy atom. The molecule has 0 bridgehead atoms. The average molecular weight is 373 g/mol. The molecule has 0 N–H and O–H groups in total. The molecule has 3 nitrogen and oxygen atoms in total. The number of aldehydes is 1. The Hall–Kier alpha value is 0.0238. The zero-order valence-electron chi connectivity index (χ0n) is 17.7. The van der Waals surface area contributed by atoms with Gasteiger partial charge in [-0.3, -0.25) is 0 Å². The van der Waals surface area contributed by atoms with Gasteiger partial charge in [0.1, 0.15) is 6.29 Å². The quantitative estimate of drug-likeness (QED) is 0.454. The summed E-state index contributed by atoms with van der Waals surface area (Å²) in [7, 11) is -3.72. The standard InChI is InChI=1S/C19H40O3Si2/c1-18(2,3)23(7,8)21-16-12-11-15(14-20)13-17(16)22-24(9,10)19(4,5)6/h14-17H,11-13H2,1-10H3/t15-,16-,17-/m1/s1. The molecule has 24 heavy (non-hydrogen) atoms. The van der Waals surface area contributed by atoms with Crippen molar-refractivity contribution in [1.29, 1.82) is 0 Å². The van der Waals surface area contributed by atoms with Crippen LogP contribution < -0.4 is 0 Å². The van der Waals surface area contributed by atoms with Gasteiger partial charge in [0, 0.05) is 5.92 Å². The van der Waals surface area contributed by atoms with Crippen LogP contribution in [-0.2, 0) is 13.6 Å². The lowest BCUT2D eigenvalue weighted by atomic mass is 9.86. The molecule has 0 unspecified atom stereocenters. The van der Waals surface area contributed by atoms with Crippen LogP contribution in [-0.4, -0.2) is 35.1 Å². The molecule has 142 valence electrons. The summed E-state index contributed by atoms with van der Waals surface area (Å²) in [6.45, 7) is 22.8. The number of carbonyl (C=O) groups excluding carboxylic acids is 1. The fraction of sp³-hybridized carbons (Fsp3) is 0.947. The van der Waals surface area contributed by atoms with Crippen LogP contribution in [0.4, 0.5) is 0 Å². The Kier molecular flexibility index (Phi) is 6.74. The first kappa shape index (κ1) is 22.1. The van der Waals surface area contributed by atoms with Crippen LogP contribution >= 0.6 is 0 Å². The third-order valence-corrected chi connectivity index (χ3v) is 15.5. The Morgan fingerprint density at radius 2 is 1.21 bits per heavy atom. The summed E-state index contributed by atoms with van der Waals surface area (Å²) in [5.41, 5.74) is 0. The minimum absolute atomic E-state index is 0.0592. The van der Waals surface area contributed by atoms with E-state index in [9.17, 15) is 4.79 Å². The average Bonchev–Trinajstić information content (AvgIpc) is 2.37. The minimum Gasteiger partial charge on any atom is -0.411 e. The van der Waals surface area contributed by atoms with E-state index in [1.54, 1.807) is 0 Å². The highest BCUT2D eigenvalue weighted by molar-refractivity contribution is 6.74. The lowest BCUT2D eigenvalue weighted by Gasteiger charge is -2.47. The number of hydrogen-bond acceptors (Lipinski definition) is 3. The fourth-order valence-corrected chi connectivity index (χ4v) is 5.36. The van der Waals surface area contributed by atoms with E-state index in [2.05, 4.69) is 67.7 Å². The number of rotatable bonds is 5. The molecule has 0 amide bonds. The topological polar surface area (TPSA) is 35.5 Å². The van der Waals surface area contributed by atoms with Crippen LogP contribution in [0.3, 0.4) is 0 Å². The highest BCUT2D eigenvalue weighted by Crippen LogP contribution is 2.43. The Labute approximate surface area is 152 Å². The molecular formula is C19H40O3Si2. The van der Waals surface area contributed by atoms with E-state index >= 15 is 0 Å². The van der Waals surface area contributed by atoms with Crippen LogP contribution in [0, 0.1) is 5.92 Å². The predicted octanol–water partition coefficient (Wildman–Crippen LogP) is 5.77. The summed E-state index contributed by atoms with van der Waals surface area (Å²) in [5.74, 6) is 0.124. The Morgan fingerprint density at radius 1 is 0.792 bits per heavy atom. The van der Waals surface area contributed by atoms with Crippen molar-refractivity contribution in [2.24, 2.45) is 5.92 Å². The normalized spacial score (nSPS) is 27.2. The second-order valence-electron chi connectivity index (χ2n) is 10.5. The summed E-state index contributed by atoms with van der Waals surface area (Å²) in [5, 5.41) is 0.360. The van der Waals surface area contributed by atoms with Gasteiger partial charge in [0.25, 0.3) is 0 Å². The molecule has 0 aliphatic heterocycles. The maximum absolute atomic E-state index is 11.3. The molecule has 1 saturated carbocycles. The van der Waals surface area contributed by atoms with Crippen molar-refractivity contribution in [3.05, 3.63) is 0 Å². The Bertz CT molecular complexity index is 433. The maximum atomic E-state index is 11.3. The second-order valence-corrected chi connectivity index (χ2v) is 20.1. The van der Waals surface area contributed by atoms with Gasteiger partial charge in [0.05, 0.1) is 12.2 Å². The lowest BCUT2D eigenvalue weighted by Crippen LogP contribution is -2.53. The molecule has 0 spiro atoms. The summed E-state index contributed by atoms with van der Waals surface area (Å²) >= 11 is 0. The molecule has 0 heterocycles. The van der Waals surface area contributed by atoms with Crippen molar-refractivity contribution in [2.45, 2.75) is 109 Å². The van der Waals surface area contributed by atoms with Crippen LogP contribution in [0.15, 0.2) is 0 Å². The largest absolute Gasteiger partial charge is 0.411 e. The maximum Gasteiger partial charge on any atom is 0.192 e. The molecule has 1 aliphatic rings. The van der Waals surface area contributed by atoms with Gasteiger partial charge in [-0.05, 0) is 55.5 Å². The van der Waals surface area contributed by atoms with Crippen molar-refractivity contribution in [3.63, 3.8) is 0 Å². The molecule has 1 fully saturated rings. The summed E-state index contributed by atoms with van der Waals surface area (Å²) in [6, 6.07) is 0.